The number of aliphatic hydroxyl groups is 1. The first-order valence-corrected chi connectivity index (χ1v) is 5.57. The van der Waals surface area contributed by atoms with Crippen molar-refractivity contribution in [2.45, 2.75) is 19.3 Å². The summed E-state index contributed by atoms with van der Waals surface area (Å²) in [4.78, 5) is 11.0. The van der Waals surface area contributed by atoms with Crippen molar-refractivity contribution in [3.63, 3.8) is 0 Å². The Morgan fingerprint density at radius 1 is 1.50 bits per heavy atom. The number of amides is 1. The van der Waals surface area contributed by atoms with Gasteiger partial charge >= 0.3 is 0 Å². The number of aliphatic hydroxyl groups excluding tert-OH is 1. The van der Waals surface area contributed by atoms with Crippen molar-refractivity contribution < 1.29 is 9.90 Å². The molecule has 0 aromatic rings. The maximum absolute atomic E-state index is 11.0. The fraction of sp³-hybridized carbons (Fsp3) is 0.875. The van der Waals surface area contributed by atoms with Crippen molar-refractivity contribution in [3.05, 3.63) is 0 Å². The van der Waals surface area contributed by atoms with Crippen LogP contribution in [-0.4, -0.2) is 36.2 Å². The van der Waals surface area contributed by atoms with Crippen molar-refractivity contribution in [3.8, 4) is 0 Å². The van der Waals surface area contributed by atoms with Gasteiger partial charge in [-0.15, -0.1) is 0 Å². The molecule has 0 fully saturated rings. The summed E-state index contributed by atoms with van der Waals surface area (Å²) < 4.78 is 0. The van der Waals surface area contributed by atoms with E-state index in [-0.39, 0.29) is 12.5 Å². The minimum absolute atomic E-state index is 0.0949. The van der Waals surface area contributed by atoms with Gasteiger partial charge < -0.3 is 10.4 Å². The van der Waals surface area contributed by atoms with E-state index in [1.165, 1.54) is 0 Å². The molecular formula is C8H17NO2S. The van der Waals surface area contributed by atoms with Gasteiger partial charge in [-0.3, -0.25) is 4.79 Å². The molecule has 0 radical (unpaired) electrons. The molecule has 0 aliphatic heterocycles. The van der Waals surface area contributed by atoms with Crippen LogP contribution >= 0.6 is 11.8 Å². The van der Waals surface area contributed by atoms with Gasteiger partial charge in [0, 0.05) is 19.6 Å². The number of hydrogen-bond acceptors (Lipinski definition) is 3. The third-order valence-electron chi connectivity index (χ3n) is 1.41. The van der Waals surface area contributed by atoms with Crippen molar-refractivity contribution in [1.29, 1.82) is 0 Å². The van der Waals surface area contributed by atoms with Gasteiger partial charge in [-0.2, -0.15) is 11.8 Å². The summed E-state index contributed by atoms with van der Waals surface area (Å²) in [6.45, 7) is 0.736. The Balaban J connectivity index is 3.10. The van der Waals surface area contributed by atoms with E-state index in [0.717, 1.165) is 12.2 Å². The number of thioether (sulfide) groups is 1. The maximum atomic E-state index is 11.0. The van der Waals surface area contributed by atoms with E-state index in [1.54, 1.807) is 11.8 Å². The van der Waals surface area contributed by atoms with Crippen LogP contribution in [0.5, 0.6) is 0 Å². The third-order valence-corrected chi connectivity index (χ3v) is 2.11. The van der Waals surface area contributed by atoms with Gasteiger partial charge in [0.05, 0.1) is 0 Å². The van der Waals surface area contributed by atoms with Crippen LogP contribution in [0.25, 0.3) is 0 Å². The summed E-state index contributed by atoms with van der Waals surface area (Å²) in [5.74, 6) is 1.13. The van der Waals surface area contributed by atoms with E-state index < -0.39 is 0 Å². The van der Waals surface area contributed by atoms with Gasteiger partial charge in [0.15, 0.2) is 0 Å². The zero-order chi connectivity index (χ0) is 9.23. The predicted octanol–water partition coefficient (Wildman–Crippen LogP) is 0.628. The Kier molecular flexibility index (Phi) is 8.71. The van der Waals surface area contributed by atoms with Gasteiger partial charge in [0.1, 0.15) is 0 Å². The molecule has 0 bridgehead atoms. The third kappa shape index (κ3) is 7.88. The van der Waals surface area contributed by atoms with Crippen molar-refractivity contribution in [1.82, 2.24) is 5.32 Å². The number of hydrogen-bond donors (Lipinski definition) is 2. The van der Waals surface area contributed by atoms with E-state index in [9.17, 15) is 4.79 Å². The van der Waals surface area contributed by atoms with Crippen LogP contribution in [0.1, 0.15) is 19.3 Å². The second-order valence-electron chi connectivity index (χ2n) is 2.52. The molecule has 0 heterocycles. The van der Waals surface area contributed by atoms with Crippen LogP contribution in [0.2, 0.25) is 0 Å². The summed E-state index contributed by atoms with van der Waals surface area (Å²) in [7, 11) is 0. The van der Waals surface area contributed by atoms with Crippen LogP contribution in [0.3, 0.4) is 0 Å². The summed E-state index contributed by atoms with van der Waals surface area (Å²) >= 11 is 1.75. The molecule has 2 N–H and O–H groups in total. The molecule has 0 aromatic heterocycles. The lowest BCUT2D eigenvalue weighted by atomic mass is 10.3. The highest BCUT2D eigenvalue weighted by Gasteiger charge is 1.98. The van der Waals surface area contributed by atoms with Gasteiger partial charge in [0.2, 0.25) is 5.91 Å². The van der Waals surface area contributed by atoms with Crippen molar-refractivity contribution >= 4 is 17.7 Å². The van der Waals surface area contributed by atoms with Gasteiger partial charge in [-0.25, -0.2) is 0 Å². The lowest BCUT2D eigenvalue weighted by molar-refractivity contribution is -0.121. The number of nitrogens with one attached hydrogen (secondary N) is 1. The standard InChI is InChI=1S/C8H17NO2S/c1-12-7-2-4-8(11)9-5-3-6-10/h10H,2-7H2,1H3,(H,9,11). The predicted molar refractivity (Wildman–Crippen MR) is 52.3 cm³/mol. The van der Waals surface area contributed by atoms with Crippen LogP contribution < -0.4 is 5.32 Å². The van der Waals surface area contributed by atoms with Crippen molar-refractivity contribution in [2.75, 3.05) is 25.2 Å². The maximum Gasteiger partial charge on any atom is 0.220 e. The molecule has 0 aliphatic carbocycles. The monoisotopic (exact) mass is 191 g/mol. The Hall–Kier alpha value is -0.220. The molecule has 12 heavy (non-hydrogen) atoms. The number of carbonyl (C=O) groups is 1. The van der Waals surface area contributed by atoms with Crippen LogP contribution in [0.15, 0.2) is 0 Å². The molecule has 0 spiro atoms. The fourth-order valence-electron chi connectivity index (χ4n) is 0.772. The van der Waals surface area contributed by atoms with Crippen molar-refractivity contribution in [2.24, 2.45) is 0 Å². The SMILES string of the molecule is CSCCCC(=O)NCCCO. The average molecular weight is 191 g/mol. The zero-order valence-electron chi connectivity index (χ0n) is 7.51. The van der Waals surface area contributed by atoms with Gasteiger partial charge in [0.25, 0.3) is 0 Å². The molecule has 0 unspecified atom stereocenters. The van der Waals surface area contributed by atoms with Crippen LogP contribution in [0.4, 0.5) is 0 Å². The second kappa shape index (κ2) is 8.87. The fourth-order valence-corrected chi connectivity index (χ4v) is 1.21. The largest absolute Gasteiger partial charge is 0.396 e. The Labute approximate surface area is 77.9 Å². The quantitative estimate of drug-likeness (QED) is 0.580. The molecule has 1 amide bonds. The molecule has 0 atom stereocenters. The summed E-state index contributed by atoms with van der Waals surface area (Å²) in [5, 5.41) is 11.2. The van der Waals surface area contributed by atoms with E-state index in [1.807, 2.05) is 6.26 Å². The number of carbonyl (C=O) groups excluding carboxylic acids is 1. The first-order chi connectivity index (χ1) is 5.81. The van der Waals surface area contributed by atoms with E-state index in [2.05, 4.69) is 5.32 Å². The highest BCUT2D eigenvalue weighted by atomic mass is 32.2. The molecule has 0 aromatic carbocycles. The van der Waals surface area contributed by atoms with E-state index >= 15 is 0 Å². The molecule has 0 saturated heterocycles. The van der Waals surface area contributed by atoms with Crippen LogP contribution in [0, 0.1) is 0 Å². The molecule has 0 saturated carbocycles. The minimum Gasteiger partial charge on any atom is -0.396 e. The van der Waals surface area contributed by atoms with E-state index in [4.69, 9.17) is 5.11 Å². The molecule has 3 nitrogen and oxygen atoms in total. The second-order valence-corrected chi connectivity index (χ2v) is 3.51. The molecule has 0 rings (SSSR count). The molecular weight excluding hydrogens is 174 g/mol. The molecule has 72 valence electrons. The lowest BCUT2D eigenvalue weighted by Crippen LogP contribution is -2.24. The first kappa shape index (κ1) is 11.8. The zero-order valence-corrected chi connectivity index (χ0v) is 8.32. The smallest absolute Gasteiger partial charge is 0.220 e. The normalized spacial score (nSPS) is 9.83. The molecule has 4 heteroatoms. The summed E-state index contributed by atoms with van der Waals surface area (Å²) in [6.07, 6.45) is 4.22. The highest BCUT2D eigenvalue weighted by molar-refractivity contribution is 7.98. The topological polar surface area (TPSA) is 49.3 Å². The number of rotatable bonds is 7. The minimum atomic E-state index is 0.0949. The molecule has 0 aliphatic rings. The first-order valence-electron chi connectivity index (χ1n) is 4.17. The summed E-state index contributed by atoms with van der Waals surface area (Å²) in [5.41, 5.74) is 0. The highest BCUT2D eigenvalue weighted by Crippen LogP contribution is 1.98. The summed E-state index contributed by atoms with van der Waals surface area (Å²) in [6, 6.07) is 0. The Morgan fingerprint density at radius 3 is 2.83 bits per heavy atom. The van der Waals surface area contributed by atoms with E-state index in [0.29, 0.717) is 19.4 Å². The Morgan fingerprint density at radius 2 is 2.25 bits per heavy atom. The lowest BCUT2D eigenvalue weighted by Gasteiger charge is -2.02. The van der Waals surface area contributed by atoms with Gasteiger partial charge in [-0.1, -0.05) is 0 Å². The van der Waals surface area contributed by atoms with Gasteiger partial charge in [-0.05, 0) is 24.9 Å². The average Bonchev–Trinajstić information content (AvgIpc) is 2.06. The Bertz CT molecular complexity index is 108. The van der Waals surface area contributed by atoms with Crippen LogP contribution in [-0.2, 0) is 4.79 Å².